The third kappa shape index (κ3) is 6.25. The van der Waals surface area contributed by atoms with Crippen molar-refractivity contribution >= 4 is 24.8 Å². The van der Waals surface area contributed by atoms with Gasteiger partial charge in [-0.05, 0) is 42.6 Å². The molecule has 1 unspecified atom stereocenters. The van der Waals surface area contributed by atoms with Gasteiger partial charge in [-0.2, -0.15) is 0 Å². The Hall–Kier alpha value is -2.15. The third-order valence-corrected chi connectivity index (χ3v) is 11.2. The minimum atomic E-state index is -2.54. The van der Waals surface area contributed by atoms with E-state index in [1.54, 1.807) is 0 Å². The van der Waals surface area contributed by atoms with Crippen LogP contribution in [0.4, 0.5) is 4.79 Å². The molecule has 1 fully saturated rings. The van der Waals surface area contributed by atoms with Crippen molar-refractivity contribution in [1.29, 1.82) is 0 Å². The number of carbonyl (C=O) groups is 1. The Kier molecular flexibility index (Phi) is 8.03. The summed E-state index contributed by atoms with van der Waals surface area (Å²) in [6, 6.07) is 21.6. The van der Waals surface area contributed by atoms with Crippen LogP contribution in [0.5, 0.6) is 0 Å². The SMILES string of the molecule is CC(C)(C)OC(=O)N1CCNC(CCO[Si](c2ccccc2)(c2ccccc2)C(C)(C)C)C1. The molecule has 0 bridgehead atoms. The van der Waals surface area contributed by atoms with Gasteiger partial charge in [0.1, 0.15) is 5.60 Å². The highest BCUT2D eigenvalue weighted by Gasteiger charge is 2.50. The van der Waals surface area contributed by atoms with E-state index in [1.165, 1.54) is 10.4 Å². The van der Waals surface area contributed by atoms with E-state index in [0.717, 1.165) is 13.0 Å². The second kappa shape index (κ2) is 10.4. The Morgan fingerprint density at radius 1 is 0.970 bits per heavy atom. The van der Waals surface area contributed by atoms with Crippen molar-refractivity contribution < 1.29 is 14.0 Å². The first-order valence-corrected chi connectivity index (χ1v) is 13.9. The molecule has 2 aromatic carbocycles. The average Bonchev–Trinajstić information content (AvgIpc) is 2.76. The number of amides is 1. The monoisotopic (exact) mass is 468 g/mol. The Morgan fingerprint density at radius 3 is 2.00 bits per heavy atom. The second-order valence-electron chi connectivity index (χ2n) is 10.9. The summed E-state index contributed by atoms with van der Waals surface area (Å²) in [6.45, 7) is 15.3. The van der Waals surface area contributed by atoms with Crippen molar-refractivity contribution in [2.75, 3.05) is 26.2 Å². The lowest BCUT2D eigenvalue weighted by Crippen LogP contribution is -2.66. The van der Waals surface area contributed by atoms with Gasteiger partial charge in [-0.25, -0.2) is 4.79 Å². The molecule has 33 heavy (non-hydrogen) atoms. The molecule has 1 atom stereocenters. The molecule has 3 rings (SSSR count). The van der Waals surface area contributed by atoms with Gasteiger partial charge in [0.2, 0.25) is 0 Å². The fourth-order valence-electron chi connectivity index (χ4n) is 4.63. The van der Waals surface area contributed by atoms with Crippen molar-refractivity contribution in [2.24, 2.45) is 0 Å². The fourth-order valence-corrected chi connectivity index (χ4v) is 9.21. The summed E-state index contributed by atoms with van der Waals surface area (Å²) in [5.74, 6) is 0. The maximum atomic E-state index is 12.5. The van der Waals surface area contributed by atoms with Crippen molar-refractivity contribution in [3.8, 4) is 0 Å². The quantitative estimate of drug-likeness (QED) is 0.647. The molecule has 1 aliphatic heterocycles. The van der Waals surface area contributed by atoms with E-state index in [1.807, 2.05) is 25.7 Å². The molecule has 2 aromatic rings. The normalized spacial score (nSPS) is 17.6. The van der Waals surface area contributed by atoms with Gasteiger partial charge in [0.05, 0.1) is 0 Å². The third-order valence-electron chi connectivity index (χ3n) is 6.11. The maximum Gasteiger partial charge on any atom is 0.410 e. The van der Waals surface area contributed by atoms with Crippen LogP contribution in [-0.4, -0.2) is 57.2 Å². The lowest BCUT2D eigenvalue weighted by molar-refractivity contribution is 0.0187. The van der Waals surface area contributed by atoms with Gasteiger partial charge >= 0.3 is 6.09 Å². The van der Waals surface area contributed by atoms with Crippen LogP contribution in [0.15, 0.2) is 60.7 Å². The van der Waals surface area contributed by atoms with E-state index in [4.69, 9.17) is 9.16 Å². The number of piperazine rings is 1. The fraction of sp³-hybridized carbons (Fsp3) is 0.519. The molecular formula is C27H40N2O3Si. The van der Waals surface area contributed by atoms with E-state index in [2.05, 4.69) is 86.8 Å². The first-order valence-electron chi connectivity index (χ1n) is 12.0. The van der Waals surface area contributed by atoms with Gasteiger partial charge < -0.3 is 19.4 Å². The number of ether oxygens (including phenoxy) is 1. The van der Waals surface area contributed by atoms with Gasteiger partial charge in [-0.3, -0.25) is 0 Å². The van der Waals surface area contributed by atoms with Crippen molar-refractivity contribution in [3.05, 3.63) is 60.7 Å². The molecule has 1 saturated heterocycles. The predicted molar refractivity (Wildman–Crippen MR) is 138 cm³/mol. The van der Waals surface area contributed by atoms with Gasteiger partial charge in [0.15, 0.2) is 0 Å². The van der Waals surface area contributed by atoms with E-state index in [9.17, 15) is 4.79 Å². The number of rotatable bonds is 6. The van der Waals surface area contributed by atoms with Crippen LogP contribution in [0, 0.1) is 0 Å². The second-order valence-corrected chi connectivity index (χ2v) is 15.2. The molecule has 0 aliphatic carbocycles. The first-order chi connectivity index (χ1) is 15.5. The smallest absolute Gasteiger partial charge is 0.410 e. The molecule has 0 aromatic heterocycles. The zero-order chi connectivity index (χ0) is 24.1. The largest absolute Gasteiger partial charge is 0.444 e. The zero-order valence-electron chi connectivity index (χ0n) is 21.1. The molecular weight excluding hydrogens is 428 g/mol. The van der Waals surface area contributed by atoms with Gasteiger partial charge in [-0.15, -0.1) is 0 Å². The van der Waals surface area contributed by atoms with Crippen LogP contribution in [0.25, 0.3) is 0 Å². The molecule has 180 valence electrons. The number of nitrogens with zero attached hydrogens (tertiary/aromatic N) is 1. The number of benzene rings is 2. The van der Waals surface area contributed by atoms with E-state index < -0.39 is 13.9 Å². The molecule has 0 radical (unpaired) electrons. The number of nitrogens with one attached hydrogen (secondary N) is 1. The van der Waals surface area contributed by atoms with Crippen LogP contribution in [-0.2, 0) is 9.16 Å². The van der Waals surface area contributed by atoms with Crippen LogP contribution in [0.2, 0.25) is 5.04 Å². The number of hydrogen-bond acceptors (Lipinski definition) is 4. The molecule has 1 heterocycles. The average molecular weight is 469 g/mol. The highest BCUT2D eigenvalue weighted by molar-refractivity contribution is 6.99. The molecule has 1 aliphatic rings. The molecule has 1 amide bonds. The van der Waals surface area contributed by atoms with E-state index >= 15 is 0 Å². The van der Waals surface area contributed by atoms with Gasteiger partial charge in [-0.1, -0.05) is 81.4 Å². The lowest BCUT2D eigenvalue weighted by atomic mass is 10.1. The summed E-state index contributed by atoms with van der Waals surface area (Å²) < 4.78 is 12.6. The van der Waals surface area contributed by atoms with Crippen molar-refractivity contribution in [1.82, 2.24) is 10.2 Å². The summed E-state index contributed by atoms with van der Waals surface area (Å²) in [6.07, 6.45) is 0.603. The Labute approximate surface area is 200 Å². The highest BCUT2D eigenvalue weighted by atomic mass is 28.4. The summed E-state index contributed by atoms with van der Waals surface area (Å²) >= 11 is 0. The van der Waals surface area contributed by atoms with E-state index in [-0.39, 0.29) is 17.2 Å². The summed E-state index contributed by atoms with van der Waals surface area (Å²) in [5, 5.41) is 6.09. The zero-order valence-corrected chi connectivity index (χ0v) is 22.1. The minimum Gasteiger partial charge on any atom is -0.444 e. The molecule has 5 nitrogen and oxygen atoms in total. The Balaban J connectivity index is 1.76. The van der Waals surface area contributed by atoms with Crippen LogP contribution in [0.3, 0.4) is 0 Å². The highest BCUT2D eigenvalue weighted by Crippen LogP contribution is 2.36. The standard InChI is InChI=1S/C27H40N2O3Si/c1-26(2,3)32-25(30)29-19-18-28-22(21-29)17-20-31-33(27(4,5)6,23-13-9-7-10-14-23)24-15-11-8-12-16-24/h7-16,22,28H,17-21H2,1-6H3. The minimum absolute atomic E-state index is 0.0434. The first kappa shape index (κ1) is 25.5. The van der Waals surface area contributed by atoms with Crippen molar-refractivity contribution in [3.63, 3.8) is 0 Å². The molecule has 0 spiro atoms. The molecule has 1 N–H and O–H groups in total. The summed E-state index contributed by atoms with van der Waals surface area (Å²) in [5.41, 5.74) is -0.482. The summed E-state index contributed by atoms with van der Waals surface area (Å²) in [4.78, 5) is 14.4. The van der Waals surface area contributed by atoms with E-state index in [0.29, 0.717) is 19.7 Å². The Morgan fingerprint density at radius 2 is 1.52 bits per heavy atom. The van der Waals surface area contributed by atoms with Crippen LogP contribution < -0.4 is 15.7 Å². The number of hydrogen-bond donors (Lipinski definition) is 1. The van der Waals surface area contributed by atoms with Crippen LogP contribution in [0.1, 0.15) is 48.0 Å². The van der Waals surface area contributed by atoms with Crippen molar-refractivity contribution in [2.45, 2.75) is 64.6 Å². The molecule has 6 heteroatoms. The number of carbonyl (C=O) groups excluding carboxylic acids is 1. The maximum absolute atomic E-state index is 12.5. The lowest BCUT2D eigenvalue weighted by Gasteiger charge is -2.43. The van der Waals surface area contributed by atoms with Gasteiger partial charge in [0, 0.05) is 32.3 Å². The summed E-state index contributed by atoms with van der Waals surface area (Å²) in [7, 11) is -2.54. The predicted octanol–water partition coefficient (Wildman–Crippen LogP) is 4.16. The Bertz CT molecular complexity index is 852. The van der Waals surface area contributed by atoms with Gasteiger partial charge in [0.25, 0.3) is 8.32 Å². The molecule has 0 saturated carbocycles. The van der Waals surface area contributed by atoms with Crippen LogP contribution >= 0.6 is 0 Å². The topological polar surface area (TPSA) is 50.8 Å².